The van der Waals surface area contributed by atoms with E-state index in [-0.39, 0.29) is 5.91 Å². The van der Waals surface area contributed by atoms with E-state index in [1.165, 1.54) is 0 Å². The second-order valence-electron chi connectivity index (χ2n) is 5.40. The van der Waals surface area contributed by atoms with E-state index in [1.807, 2.05) is 29.2 Å². The van der Waals surface area contributed by atoms with Crippen LogP contribution in [0.15, 0.2) is 24.3 Å². The minimum atomic E-state index is -0.500. The molecule has 1 unspecified atom stereocenters. The van der Waals surface area contributed by atoms with Crippen molar-refractivity contribution in [3.05, 3.63) is 29.8 Å². The molecular weight excluding hydrogens is 268 g/mol. The van der Waals surface area contributed by atoms with E-state index >= 15 is 0 Å². The summed E-state index contributed by atoms with van der Waals surface area (Å²) in [6, 6.07) is 7.60. The molecule has 0 saturated heterocycles. The average Bonchev–Trinajstić information content (AvgIpc) is 3.34. The van der Waals surface area contributed by atoms with Gasteiger partial charge in [0.1, 0.15) is 5.75 Å². The van der Waals surface area contributed by atoms with Crippen molar-refractivity contribution < 1.29 is 14.3 Å². The Labute approximate surface area is 126 Å². The molecule has 1 aromatic carbocycles. The number of benzene rings is 1. The van der Waals surface area contributed by atoms with Gasteiger partial charge in [-0.1, -0.05) is 18.2 Å². The highest BCUT2D eigenvalue weighted by atomic mass is 16.5. The smallest absolute Gasteiger partial charge is 0.240 e. The van der Waals surface area contributed by atoms with Crippen LogP contribution in [0, 0.1) is 0 Å². The summed E-state index contributed by atoms with van der Waals surface area (Å²) in [6.45, 7) is 1.05. The van der Waals surface area contributed by atoms with Crippen LogP contribution in [0.2, 0.25) is 0 Å². The van der Waals surface area contributed by atoms with Gasteiger partial charge in [-0.05, 0) is 25.3 Å². The van der Waals surface area contributed by atoms with Crippen molar-refractivity contribution in [1.29, 1.82) is 0 Å². The molecule has 0 aliphatic heterocycles. The molecule has 1 amide bonds. The number of carbonyl (C=O) groups excluding carboxylic acids is 1. The predicted octanol–water partition coefficient (Wildman–Crippen LogP) is 1.55. The molecule has 1 aliphatic carbocycles. The number of rotatable bonds is 8. The van der Waals surface area contributed by atoms with Crippen LogP contribution in [0.1, 0.15) is 24.8 Å². The quantitative estimate of drug-likeness (QED) is 0.789. The summed E-state index contributed by atoms with van der Waals surface area (Å²) in [5, 5.41) is 0. The van der Waals surface area contributed by atoms with E-state index in [0.717, 1.165) is 24.2 Å². The lowest BCUT2D eigenvalue weighted by Crippen LogP contribution is -2.45. The van der Waals surface area contributed by atoms with Crippen molar-refractivity contribution in [3.63, 3.8) is 0 Å². The van der Waals surface area contributed by atoms with Crippen LogP contribution >= 0.6 is 0 Å². The fraction of sp³-hybridized carbons (Fsp3) is 0.562. The maximum atomic E-state index is 12.5. The molecule has 0 spiro atoms. The van der Waals surface area contributed by atoms with Gasteiger partial charge in [-0.2, -0.15) is 0 Å². The van der Waals surface area contributed by atoms with Crippen molar-refractivity contribution >= 4 is 5.91 Å². The van der Waals surface area contributed by atoms with Crippen molar-refractivity contribution in [1.82, 2.24) is 4.90 Å². The molecule has 21 heavy (non-hydrogen) atoms. The Kier molecular flexibility index (Phi) is 5.59. The lowest BCUT2D eigenvalue weighted by atomic mass is 10.1. The van der Waals surface area contributed by atoms with Gasteiger partial charge in [0.25, 0.3) is 0 Å². The Morgan fingerprint density at radius 2 is 2.10 bits per heavy atom. The van der Waals surface area contributed by atoms with E-state index in [1.54, 1.807) is 14.2 Å². The molecule has 0 radical (unpaired) electrons. The Hall–Kier alpha value is -1.59. The van der Waals surface area contributed by atoms with Gasteiger partial charge in [0.05, 0.1) is 13.2 Å². The highest BCUT2D eigenvalue weighted by molar-refractivity contribution is 5.82. The normalized spacial score (nSPS) is 15.6. The predicted molar refractivity (Wildman–Crippen MR) is 81.0 cm³/mol. The molecule has 5 heteroatoms. The van der Waals surface area contributed by atoms with Crippen LogP contribution in [0.25, 0.3) is 0 Å². The average molecular weight is 292 g/mol. The van der Waals surface area contributed by atoms with E-state index < -0.39 is 6.04 Å². The molecule has 1 saturated carbocycles. The molecule has 2 rings (SSSR count). The van der Waals surface area contributed by atoms with Crippen LogP contribution < -0.4 is 10.5 Å². The molecule has 1 aromatic rings. The molecule has 0 heterocycles. The fourth-order valence-corrected chi connectivity index (χ4v) is 2.37. The van der Waals surface area contributed by atoms with Gasteiger partial charge in [-0.15, -0.1) is 0 Å². The summed E-state index contributed by atoms with van der Waals surface area (Å²) in [7, 11) is 3.26. The van der Waals surface area contributed by atoms with E-state index in [4.69, 9.17) is 15.2 Å². The lowest BCUT2D eigenvalue weighted by molar-refractivity contribution is -0.134. The second-order valence-corrected chi connectivity index (χ2v) is 5.40. The maximum Gasteiger partial charge on any atom is 0.240 e. The first-order valence-corrected chi connectivity index (χ1v) is 7.34. The molecule has 1 aliphatic rings. The Balaban J connectivity index is 2.07. The summed E-state index contributed by atoms with van der Waals surface area (Å²) < 4.78 is 10.4. The number of hydrogen-bond acceptors (Lipinski definition) is 4. The number of hydrogen-bond donors (Lipinski definition) is 1. The van der Waals surface area contributed by atoms with Crippen LogP contribution in [0.5, 0.6) is 5.75 Å². The minimum Gasteiger partial charge on any atom is -0.496 e. The third-order valence-electron chi connectivity index (χ3n) is 3.75. The van der Waals surface area contributed by atoms with E-state index in [2.05, 4.69) is 0 Å². The number of nitrogens with zero attached hydrogens (tertiary/aromatic N) is 1. The molecule has 0 bridgehead atoms. The second kappa shape index (κ2) is 7.43. The molecule has 5 nitrogen and oxygen atoms in total. The zero-order valence-corrected chi connectivity index (χ0v) is 12.7. The van der Waals surface area contributed by atoms with Gasteiger partial charge in [0.2, 0.25) is 5.91 Å². The van der Waals surface area contributed by atoms with Gasteiger partial charge < -0.3 is 20.1 Å². The standard InChI is InChI=1S/C16H24N2O3/c1-20-10-9-14(17)16(19)18(13-7-8-13)11-12-5-3-4-6-15(12)21-2/h3-6,13-14H,7-11,17H2,1-2H3. The first-order valence-electron chi connectivity index (χ1n) is 7.34. The zero-order valence-electron chi connectivity index (χ0n) is 12.7. The monoisotopic (exact) mass is 292 g/mol. The highest BCUT2D eigenvalue weighted by Gasteiger charge is 2.35. The van der Waals surface area contributed by atoms with Crippen LogP contribution in [0.3, 0.4) is 0 Å². The number of carbonyl (C=O) groups is 1. The van der Waals surface area contributed by atoms with Gasteiger partial charge >= 0.3 is 0 Å². The molecule has 0 aromatic heterocycles. The maximum absolute atomic E-state index is 12.5. The summed E-state index contributed by atoms with van der Waals surface area (Å²) in [5.41, 5.74) is 7.00. The van der Waals surface area contributed by atoms with Gasteiger partial charge in [0.15, 0.2) is 0 Å². The summed E-state index contributed by atoms with van der Waals surface area (Å²) in [6.07, 6.45) is 2.65. The van der Waals surface area contributed by atoms with Crippen molar-refractivity contribution in [2.45, 2.75) is 37.9 Å². The van der Waals surface area contributed by atoms with Crippen LogP contribution in [0.4, 0.5) is 0 Å². The first kappa shape index (κ1) is 15.8. The van der Waals surface area contributed by atoms with Crippen molar-refractivity contribution in [3.8, 4) is 5.75 Å². The fourth-order valence-electron chi connectivity index (χ4n) is 2.37. The van der Waals surface area contributed by atoms with Crippen LogP contribution in [-0.2, 0) is 16.1 Å². The molecule has 1 fully saturated rings. The highest BCUT2D eigenvalue weighted by Crippen LogP contribution is 2.30. The lowest BCUT2D eigenvalue weighted by Gasteiger charge is -2.26. The Bertz CT molecular complexity index is 474. The topological polar surface area (TPSA) is 64.8 Å². The number of nitrogens with two attached hydrogens (primary N) is 1. The molecule has 1 atom stereocenters. The Morgan fingerprint density at radius 3 is 2.71 bits per heavy atom. The molecule has 116 valence electrons. The molecular formula is C16H24N2O3. The first-order chi connectivity index (χ1) is 10.2. The molecule has 2 N–H and O–H groups in total. The minimum absolute atomic E-state index is 0.000422. The third-order valence-corrected chi connectivity index (χ3v) is 3.75. The van der Waals surface area contributed by atoms with E-state index in [9.17, 15) is 4.79 Å². The number of methoxy groups -OCH3 is 2. The summed E-state index contributed by atoms with van der Waals surface area (Å²) in [5.74, 6) is 0.807. The van der Waals surface area contributed by atoms with Crippen LogP contribution in [-0.4, -0.2) is 43.7 Å². The summed E-state index contributed by atoms with van der Waals surface area (Å²) >= 11 is 0. The third kappa shape index (κ3) is 4.19. The SMILES string of the molecule is COCCC(N)C(=O)N(Cc1ccccc1OC)C1CC1. The van der Waals surface area contributed by atoms with Gasteiger partial charge in [-0.3, -0.25) is 4.79 Å². The Morgan fingerprint density at radius 1 is 1.38 bits per heavy atom. The van der Waals surface area contributed by atoms with Gasteiger partial charge in [0, 0.05) is 31.9 Å². The largest absolute Gasteiger partial charge is 0.496 e. The van der Waals surface area contributed by atoms with Gasteiger partial charge in [-0.25, -0.2) is 0 Å². The van der Waals surface area contributed by atoms with Crippen molar-refractivity contribution in [2.75, 3.05) is 20.8 Å². The van der Waals surface area contributed by atoms with Crippen molar-refractivity contribution in [2.24, 2.45) is 5.73 Å². The number of amides is 1. The number of ether oxygens (including phenoxy) is 2. The zero-order chi connectivity index (χ0) is 15.2. The summed E-state index contributed by atoms with van der Waals surface area (Å²) in [4.78, 5) is 14.4. The number of para-hydroxylation sites is 1. The van der Waals surface area contributed by atoms with E-state index in [0.29, 0.717) is 25.6 Å².